The molecule has 0 bridgehead atoms. The Morgan fingerprint density at radius 3 is 2.15 bits per heavy atom. The van der Waals surface area contributed by atoms with Gasteiger partial charge in [0.05, 0.1) is 5.56 Å². The summed E-state index contributed by atoms with van der Waals surface area (Å²) in [4.78, 5) is 0. The van der Waals surface area contributed by atoms with Gasteiger partial charge in [-0.05, 0) is 49.1 Å². The van der Waals surface area contributed by atoms with Gasteiger partial charge in [0.25, 0.3) is 0 Å². The number of allylic oxidation sites excluding steroid dienone is 1. The quantitative estimate of drug-likeness (QED) is 0.562. The lowest BCUT2D eigenvalue weighted by atomic mass is 10.0. The number of nitriles is 1. The highest BCUT2D eigenvalue weighted by Gasteiger charge is 2.16. The summed E-state index contributed by atoms with van der Waals surface area (Å²) in [7, 11) is 0. The van der Waals surface area contributed by atoms with Crippen LogP contribution < -0.4 is 0 Å². The van der Waals surface area contributed by atoms with Crippen LogP contribution in [-0.4, -0.2) is 0 Å². The van der Waals surface area contributed by atoms with Crippen LogP contribution in [0, 0.1) is 28.8 Å². The third-order valence-electron chi connectivity index (χ3n) is 3.92. The van der Waals surface area contributed by atoms with Gasteiger partial charge >= 0.3 is 0 Å². The summed E-state index contributed by atoms with van der Waals surface area (Å²) in [5.41, 5.74) is -0.433. The van der Waals surface area contributed by atoms with Gasteiger partial charge in [-0.2, -0.15) is 5.26 Å². The molecule has 0 radical (unpaired) electrons. The molecule has 26 heavy (non-hydrogen) atoms. The smallest absolute Gasteiger partial charge is 0.161 e. The zero-order valence-corrected chi connectivity index (χ0v) is 14.1. The molecule has 136 valence electrons. The summed E-state index contributed by atoms with van der Waals surface area (Å²) in [5, 5.41) is 8.68. The van der Waals surface area contributed by atoms with Crippen LogP contribution in [0.4, 0.5) is 22.0 Å². The van der Waals surface area contributed by atoms with Crippen LogP contribution >= 0.6 is 0 Å². The predicted octanol–water partition coefficient (Wildman–Crippen LogP) is 6.17. The normalized spacial score (nSPS) is 11.9. The molecular weight excluding hydrogens is 349 g/mol. The molecule has 0 heterocycles. The highest BCUT2D eigenvalue weighted by molar-refractivity contribution is 5.61. The molecule has 0 spiro atoms. The van der Waals surface area contributed by atoms with Crippen LogP contribution in [0.1, 0.15) is 42.0 Å². The largest absolute Gasteiger partial charge is 0.209 e. The topological polar surface area (TPSA) is 23.8 Å². The molecule has 6 heteroatoms. The summed E-state index contributed by atoms with van der Waals surface area (Å²) in [6, 6.07) is 7.10. The van der Waals surface area contributed by atoms with Crippen molar-refractivity contribution in [1.29, 1.82) is 5.26 Å². The fourth-order valence-corrected chi connectivity index (χ4v) is 2.53. The van der Waals surface area contributed by atoms with Crippen molar-refractivity contribution in [3.05, 3.63) is 75.9 Å². The van der Waals surface area contributed by atoms with E-state index in [9.17, 15) is 22.0 Å². The van der Waals surface area contributed by atoms with Crippen LogP contribution in [0.3, 0.4) is 0 Å². The maximum Gasteiger partial charge on any atom is 0.161 e. The number of halogens is 5. The van der Waals surface area contributed by atoms with E-state index in [1.165, 1.54) is 12.1 Å². The van der Waals surface area contributed by atoms with Crippen molar-refractivity contribution in [3.8, 4) is 6.07 Å². The second-order valence-corrected chi connectivity index (χ2v) is 5.81. The number of nitrogens with zero attached hydrogens (tertiary/aromatic N) is 1. The molecule has 2 aromatic carbocycles. The molecule has 0 amide bonds. The second-order valence-electron chi connectivity index (χ2n) is 5.81. The van der Waals surface area contributed by atoms with Crippen molar-refractivity contribution < 1.29 is 22.0 Å². The van der Waals surface area contributed by atoms with E-state index in [0.29, 0.717) is 12.0 Å². The van der Waals surface area contributed by atoms with E-state index in [1.807, 2.05) is 0 Å². The fraction of sp³-hybridized carbons (Fsp3) is 0.250. The summed E-state index contributed by atoms with van der Waals surface area (Å²) in [5.74, 6) is -5.01. The molecular formula is C20H16F5N. The van der Waals surface area contributed by atoms with Crippen LogP contribution in [0.15, 0.2) is 36.2 Å². The maximum atomic E-state index is 14.2. The van der Waals surface area contributed by atoms with E-state index in [-0.39, 0.29) is 30.4 Å². The summed E-state index contributed by atoms with van der Waals surface area (Å²) >= 11 is 0. The molecule has 0 saturated carbocycles. The van der Waals surface area contributed by atoms with Gasteiger partial charge in [-0.25, -0.2) is 22.0 Å². The van der Waals surface area contributed by atoms with E-state index in [4.69, 9.17) is 5.26 Å². The van der Waals surface area contributed by atoms with Gasteiger partial charge in [0, 0.05) is 17.5 Å². The lowest BCUT2D eigenvalue weighted by molar-refractivity contribution is 0.545. The highest BCUT2D eigenvalue weighted by Crippen LogP contribution is 2.28. The number of aryl methyl sites for hydroxylation is 1. The molecule has 1 nitrogen and oxygen atoms in total. The standard InChI is InChI=1S/C20H16F5N/c1-2-3-16(21)20(25)14-9-18(23)15(19(24)10-14)7-5-12-4-6-13(11-26)17(22)8-12/h4,6,8-10H,2-3,5,7H2,1H3/b20-16-. The van der Waals surface area contributed by atoms with E-state index in [0.717, 1.165) is 18.2 Å². The van der Waals surface area contributed by atoms with E-state index >= 15 is 0 Å². The van der Waals surface area contributed by atoms with E-state index in [2.05, 4.69) is 0 Å². The Morgan fingerprint density at radius 2 is 1.62 bits per heavy atom. The molecule has 0 fully saturated rings. The molecule has 0 saturated heterocycles. The predicted molar refractivity (Wildman–Crippen MR) is 88.9 cm³/mol. The minimum absolute atomic E-state index is 0.0912. The monoisotopic (exact) mass is 365 g/mol. The molecule has 0 N–H and O–H groups in total. The SMILES string of the molecule is CCC/C(F)=C(/F)c1cc(F)c(CCc2ccc(C#N)c(F)c2)c(F)c1. The highest BCUT2D eigenvalue weighted by atomic mass is 19.2. The third-order valence-corrected chi connectivity index (χ3v) is 3.92. The third kappa shape index (κ3) is 4.48. The van der Waals surface area contributed by atoms with Gasteiger partial charge in [0.2, 0.25) is 0 Å². The van der Waals surface area contributed by atoms with Crippen LogP contribution in [0.25, 0.3) is 5.83 Å². The summed E-state index contributed by atoms with van der Waals surface area (Å²) in [6.07, 6.45) is 0.245. The first-order valence-electron chi connectivity index (χ1n) is 8.08. The van der Waals surface area contributed by atoms with Crippen molar-refractivity contribution in [3.63, 3.8) is 0 Å². The van der Waals surface area contributed by atoms with Crippen LogP contribution in [-0.2, 0) is 12.8 Å². The fourth-order valence-electron chi connectivity index (χ4n) is 2.53. The Labute approximate surface area is 148 Å². The Balaban J connectivity index is 2.22. The first-order chi connectivity index (χ1) is 12.4. The van der Waals surface area contributed by atoms with Gasteiger partial charge in [-0.15, -0.1) is 0 Å². The van der Waals surface area contributed by atoms with Crippen LogP contribution in [0.5, 0.6) is 0 Å². The van der Waals surface area contributed by atoms with E-state index < -0.39 is 34.7 Å². The molecule has 0 aliphatic carbocycles. The summed E-state index contributed by atoms with van der Waals surface area (Å²) < 4.78 is 69.3. The Hall–Kier alpha value is -2.68. The van der Waals surface area contributed by atoms with Gasteiger partial charge in [0.1, 0.15) is 29.3 Å². The number of hydrogen-bond acceptors (Lipinski definition) is 1. The average Bonchev–Trinajstić information content (AvgIpc) is 2.60. The Kier molecular flexibility index (Phi) is 6.51. The van der Waals surface area contributed by atoms with Gasteiger partial charge in [-0.3, -0.25) is 0 Å². The Bertz CT molecular complexity index is 857. The van der Waals surface area contributed by atoms with Crippen LogP contribution in [0.2, 0.25) is 0 Å². The van der Waals surface area contributed by atoms with Gasteiger partial charge in [0.15, 0.2) is 5.83 Å². The van der Waals surface area contributed by atoms with Crippen molar-refractivity contribution in [2.75, 3.05) is 0 Å². The number of benzene rings is 2. The average molecular weight is 365 g/mol. The van der Waals surface area contributed by atoms with Crippen molar-refractivity contribution >= 4 is 5.83 Å². The van der Waals surface area contributed by atoms with Crippen molar-refractivity contribution in [2.45, 2.75) is 32.6 Å². The van der Waals surface area contributed by atoms with E-state index in [1.54, 1.807) is 13.0 Å². The first kappa shape index (κ1) is 19.6. The molecule has 2 rings (SSSR count). The number of rotatable bonds is 6. The minimum atomic E-state index is -1.27. The first-order valence-corrected chi connectivity index (χ1v) is 8.08. The molecule has 0 aromatic heterocycles. The molecule has 0 aliphatic heterocycles. The molecule has 0 atom stereocenters. The Morgan fingerprint density at radius 1 is 0.962 bits per heavy atom. The molecule has 0 unspecified atom stereocenters. The minimum Gasteiger partial charge on any atom is -0.209 e. The van der Waals surface area contributed by atoms with Gasteiger partial charge in [-0.1, -0.05) is 13.0 Å². The summed E-state index contributed by atoms with van der Waals surface area (Å²) in [6.45, 7) is 1.66. The lowest BCUT2D eigenvalue weighted by Gasteiger charge is -2.09. The number of hydrogen-bond donors (Lipinski definition) is 0. The van der Waals surface area contributed by atoms with Crippen molar-refractivity contribution in [2.24, 2.45) is 0 Å². The maximum absolute atomic E-state index is 14.2. The zero-order chi connectivity index (χ0) is 19.3. The van der Waals surface area contributed by atoms with Crippen molar-refractivity contribution in [1.82, 2.24) is 0 Å². The second kappa shape index (κ2) is 8.61. The molecule has 2 aromatic rings. The zero-order valence-electron chi connectivity index (χ0n) is 14.1. The lowest BCUT2D eigenvalue weighted by Crippen LogP contribution is -2.01. The molecule has 0 aliphatic rings. The van der Waals surface area contributed by atoms with Gasteiger partial charge < -0.3 is 0 Å².